The highest BCUT2D eigenvalue weighted by molar-refractivity contribution is 9.10. The fraction of sp³-hybridized carbons (Fsp3) is 0.125. The molecule has 68 valence electrons. The van der Waals surface area contributed by atoms with Crippen LogP contribution in [0, 0.1) is 0 Å². The molecule has 0 atom stereocenters. The topological polar surface area (TPSA) is 55.9 Å². The van der Waals surface area contributed by atoms with Crippen LogP contribution >= 0.6 is 15.9 Å². The van der Waals surface area contributed by atoms with Crippen LogP contribution in [0.25, 0.3) is 11.0 Å². The van der Waals surface area contributed by atoms with E-state index in [1.165, 1.54) is 0 Å². The zero-order chi connectivity index (χ0) is 9.42. The Hall–Kier alpha value is -1.07. The van der Waals surface area contributed by atoms with Gasteiger partial charge in [-0.15, -0.1) is 0 Å². The Labute approximate surface area is 83.8 Å². The van der Waals surface area contributed by atoms with Gasteiger partial charge in [-0.3, -0.25) is 5.43 Å². The molecular weight excluding hydrogens is 232 g/mol. The summed E-state index contributed by atoms with van der Waals surface area (Å²) in [6, 6.07) is 5.87. The van der Waals surface area contributed by atoms with E-state index < -0.39 is 0 Å². The van der Waals surface area contributed by atoms with Crippen LogP contribution in [0.1, 0.15) is 0 Å². The molecule has 0 unspecified atom stereocenters. The van der Waals surface area contributed by atoms with Crippen molar-refractivity contribution in [3.63, 3.8) is 0 Å². The van der Waals surface area contributed by atoms with E-state index in [1.54, 1.807) is 0 Å². The van der Waals surface area contributed by atoms with Gasteiger partial charge >= 0.3 is 0 Å². The van der Waals surface area contributed by atoms with Crippen molar-refractivity contribution in [1.29, 1.82) is 0 Å². The van der Waals surface area contributed by atoms with E-state index in [9.17, 15) is 0 Å². The highest BCUT2D eigenvalue weighted by atomic mass is 79.9. The summed E-state index contributed by atoms with van der Waals surface area (Å²) in [6.07, 6.45) is 0. The predicted octanol–water partition coefficient (Wildman–Crippen LogP) is 1.62. The van der Waals surface area contributed by atoms with Gasteiger partial charge in [0.2, 0.25) is 5.95 Å². The second kappa shape index (κ2) is 3.01. The van der Waals surface area contributed by atoms with Crippen molar-refractivity contribution >= 4 is 32.9 Å². The minimum absolute atomic E-state index is 0.655. The monoisotopic (exact) mass is 240 g/mol. The molecule has 13 heavy (non-hydrogen) atoms. The van der Waals surface area contributed by atoms with Crippen molar-refractivity contribution < 1.29 is 0 Å². The minimum atomic E-state index is 0.655. The van der Waals surface area contributed by atoms with Gasteiger partial charge < -0.3 is 4.57 Å². The second-order valence-electron chi connectivity index (χ2n) is 2.75. The molecule has 0 bridgehead atoms. The normalized spacial score (nSPS) is 10.7. The Morgan fingerprint density at radius 1 is 1.54 bits per heavy atom. The number of hydrogen-bond donors (Lipinski definition) is 2. The van der Waals surface area contributed by atoms with Crippen molar-refractivity contribution in [2.24, 2.45) is 12.9 Å². The molecular formula is C8H9BrN4. The molecule has 0 radical (unpaired) electrons. The van der Waals surface area contributed by atoms with Gasteiger partial charge in [0.25, 0.3) is 0 Å². The molecule has 1 aromatic carbocycles. The summed E-state index contributed by atoms with van der Waals surface area (Å²) >= 11 is 3.46. The van der Waals surface area contributed by atoms with Crippen LogP contribution in [0.5, 0.6) is 0 Å². The number of fused-ring (bicyclic) bond motifs is 1. The lowest BCUT2D eigenvalue weighted by atomic mass is 10.3. The third kappa shape index (κ3) is 1.20. The Balaban J connectivity index is 2.85. The number of nitrogen functional groups attached to an aromatic ring is 1. The fourth-order valence-electron chi connectivity index (χ4n) is 1.35. The molecule has 1 aromatic heterocycles. The number of nitrogens with two attached hydrogens (primary N) is 1. The van der Waals surface area contributed by atoms with Crippen molar-refractivity contribution in [3.8, 4) is 0 Å². The second-order valence-corrected chi connectivity index (χ2v) is 3.60. The number of aromatic nitrogens is 2. The first-order valence-corrected chi connectivity index (χ1v) is 4.61. The molecule has 0 saturated heterocycles. The van der Waals surface area contributed by atoms with Crippen molar-refractivity contribution in [2.75, 3.05) is 5.43 Å². The number of rotatable bonds is 1. The molecule has 5 heteroatoms. The van der Waals surface area contributed by atoms with Gasteiger partial charge in [0.15, 0.2) is 0 Å². The van der Waals surface area contributed by atoms with Gasteiger partial charge in [-0.05, 0) is 28.1 Å². The van der Waals surface area contributed by atoms with Gasteiger partial charge in [0, 0.05) is 11.5 Å². The van der Waals surface area contributed by atoms with Crippen LogP contribution in [0.15, 0.2) is 22.7 Å². The third-order valence-electron chi connectivity index (χ3n) is 1.97. The maximum absolute atomic E-state index is 5.32. The summed E-state index contributed by atoms with van der Waals surface area (Å²) in [4.78, 5) is 4.29. The fourth-order valence-corrected chi connectivity index (χ4v) is 1.97. The van der Waals surface area contributed by atoms with Crippen molar-refractivity contribution in [2.45, 2.75) is 0 Å². The molecule has 0 saturated carbocycles. The molecule has 0 amide bonds. The number of imidazole rings is 1. The van der Waals surface area contributed by atoms with Crippen molar-refractivity contribution in [1.82, 2.24) is 9.55 Å². The Kier molecular flexibility index (Phi) is 1.97. The molecule has 0 spiro atoms. The Morgan fingerprint density at radius 2 is 2.31 bits per heavy atom. The summed E-state index contributed by atoms with van der Waals surface area (Å²) in [5.74, 6) is 5.97. The van der Waals surface area contributed by atoms with Crippen LogP contribution in [-0.2, 0) is 7.05 Å². The standard InChI is InChI=1S/C8H9BrN4/c1-13-7-5(9)3-2-4-6(7)11-8(13)12-10/h2-4H,10H2,1H3,(H,11,12). The molecule has 3 N–H and O–H groups in total. The van der Waals surface area contributed by atoms with E-state index in [0.717, 1.165) is 15.5 Å². The Bertz CT molecular complexity index is 449. The molecule has 0 fully saturated rings. The van der Waals surface area contributed by atoms with Crippen LogP contribution in [0.2, 0.25) is 0 Å². The van der Waals surface area contributed by atoms with E-state index in [0.29, 0.717) is 5.95 Å². The van der Waals surface area contributed by atoms with Crippen LogP contribution in [-0.4, -0.2) is 9.55 Å². The number of hydrogen-bond acceptors (Lipinski definition) is 3. The smallest absolute Gasteiger partial charge is 0.218 e. The average Bonchev–Trinajstić information content (AvgIpc) is 2.44. The lowest BCUT2D eigenvalue weighted by Crippen LogP contribution is -2.11. The molecule has 0 aliphatic carbocycles. The number of hydrazine groups is 1. The lowest BCUT2D eigenvalue weighted by Gasteiger charge is -2.00. The van der Waals surface area contributed by atoms with Gasteiger partial charge in [0.1, 0.15) is 0 Å². The highest BCUT2D eigenvalue weighted by Gasteiger charge is 2.07. The highest BCUT2D eigenvalue weighted by Crippen LogP contribution is 2.25. The van der Waals surface area contributed by atoms with Crippen LogP contribution in [0.4, 0.5) is 5.95 Å². The summed E-state index contributed by atoms with van der Waals surface area (Å²) < 4.78 is 2.92. The van der Waals surface area contributed by atoms with Crippen molar-refractivity contribution in [3.05, 3.63) is 22.7 Å². The van der Waals surface area contributed by atoms with Crippen LogP contribution < -0.4 is 11.3 Å². The molecule has 0 aliphatic heterocycles. The lowest BCUT2D eigenvalue weighted by molar-refractivity contribution is 0.940. The number of halogens is 1. The third-order valence-corrected chi connectivity index (χ3v) is 2.61. The molecule has 2 rings (SSSR count). The van der Waals surface area contributed by atoms with E-state index in [1.807, 2.05) is 29.8 Å². The van der Waals surface area contributed by atoms with E-state index in [-0.39, 0.29) is 0 Å². The zero-order valence-electron chi connectivity index (χ0n) is 7.08. The van der Waals surface area contributed by atoms with Gasteiger partial charge in [-0.2, -0.15) is 0 Å². The summed E-state index contributed by atoms with van der Waals surface area (Å²) in [5, 5.41) is 0. The first-order chi connectivity index (χ1) is 6.24. The zero-order valence-corrected chi connectivity index (χ0v) is 8.67. The maximum atomic E-state index is 5.32. The summed E-state index contributed by atoms with van der Waals surface area (Å²) in [7, 11) is 1.91. The summed E-state index contributed by atoms with van der Waals surface area (Å²) in [6.45, 7) is 0. The quantitative estimate of drug-likeness (QED) is 0.589. The largest absolute Gasteiger partial charge is 0.311 e. The van der Waals surface area contributed by atoms with Gasteiger partial charge in [-0.1, -0.05) is 6.07 Å². The summed E-state index contributed by atoms with van der Waals surface area (Å²) in [5.41, 5.74) is 4.50. The number of nitrogens with one attached hydrogen (secondary N) is 1. The number of para-hydroxylation sites is 1. The Morgan fingerprint density at radius 3 is 2.92 bits per heavy atom. The van der Waals surface area contributed by atoms with E-state index >= 15 is 0 Å². The minimum Gasteiger partial charge on any atom is -0.311 e. The van der Waals surface area contributed by atoms with E-state index in [4.69, 9.17) is 5.84 Å². The SMILES string of the molecule is Cn1c(NN)nc2cccc(Br)c21. The first-order valence-electron chi connectivity index (χ1n) is 3.81. The number of anilines is 1. The number of aryl methyl sites for hydroxylation is 1. The molecule has 0 aliphatic rings. The van der Waals surface area contributed by atoms with E-state index in [2.05, 4.69) is 26.3 Å². The van der Waals surface area contributed by atoms with Crippen LogP contribution in [0.3, 0.4) is 0 Å². The predicted molar refractivity (Wildman–Crippen MR) is 56.2 cm³/mol. The molecule has 1 heterocycles. The molecule has 4 nitrogen and oxygen atoms in total. The maximum Gasteiger partial charge on any atom is 0.218 e. The average molecular weight is 241 g/mol. The van der Waals surface area contributed by atoms with Gasteiger partial charge in [-0.25, -0.2) is 10.8 Å². The van der Waals surface area contributed by atoms with Gasteiger partial charge in [0.05, 0.1) is 11.0 Å². The number of nitrogens with zero attached hydrogens (tertiary/aromatic N) is 2. The number of benzene rings is 1. The molecule has 2 aromatic rings. The first kappa shape index (κ1) is 8.52.